The zero-order chi connectivity index (χ0) is 12.5. The number of carbonyl (C=O) groups is 2. The van der Waals surface area contributed by atoms with Crippen LogP contribution in [0.2, 0.25) is 0 Å². The van der Waals surface area contributed by atoms with Gasteiger partial charge < -0.3 is 15.7 Å². The summed E-state index contributed by atoms with van der Waals surface area (Å²) < 4.78 is 0. The maximum Gasteiger partial charge on any atom is 0.329 e. The lowest BCUT2D eigenvalue weighted by molar-refractivity contribution is -0.148. The van der Waals surface area contributed by atoms with Crippen LogP contribution in [0.1, 0.15) is 32.6 Å². The van der Waals surface area contributed by atoms with Gasteiger partial charge in [0, 0.05) is 6.54 Å². The third-order valence-corrected chi connectivity index (χ3v) is 3.89. The van der Waals surface area contributed by atoms with Crippen molar-refractivity contribution in [2.45, 2.75) is 38.1 Å². The molecule has 5 nitrogen and oxygen atoms in total. The molecule has 1 aliphatic carbocycles. The van der Waals surface area contributed by atoms with Crippen molar-refractivity contribution in [1.29, 1.82) is 0 Å². The van der Waals surface area contributed by atoms with Crippen molar-refractivity contribution >= 4 is 11.9 Å². The van der Waals surface area contributed by atoms with Crippen LogP contribution in [0.3, 0.4) is 0 Å². The van der Waals surface area contributed by atoms with Gasteiger partial charge >= 0.3 is 5.97 Å². The van der Waals surface area contributed by atoms with Gasteiger partial charge in [0.1, 0.15) is 5.54 Å². The van der Waals surface area contributed by atoms with Crippen LogP contribution in [0.4, 0.5) is 0 Å². The molecule has 1 saturated heterocycles. The number of rotatable bonds is 4. The summed E-state index contributed by atoms with van der Waals surface area (Å²) in [6.45, 7) is 3.23. The van der Waals surface area contributed by atoms with E-state index in [2.05, 4.69) is 10.6 Å². The highest BCUT2D eigenvalue weighted by molar-refractivity contribution is 5.88. The van der Waals surface area contributed by atoms with E-state index in [9.17, 15) is 14.7 Å². The topological polar surface area (TPSA) is 78.4 Å². The smallest absolute Gasteiger partial charge is 0.329 e. The molecule has 0 radical (unpaired) electrons. The van der Waals surface area contributed by atoms with E-state index in [4.69, 9.17) is 0 Å². The van der Waals surface area contributed by atoms with Gasteiger partial charge in [0.25, 0.3) is 0 Å². The molecule has 2 rings (SSSR count). The van der Waals surface area contributed by atoms with Crippen LogP contribution < -0.4 is 10.6 Å². The summed E-state index contributed by atoms with van der Waals surface area (Å²) in [4.78, 5) is 23.3. The molecule has 1 saturated carbocycles. The minimum absolute atomic E-state index is 0.0822. The molecule has 0 aromatic rings. The Hall–Kier alpha value is -1.10. The van der Waals surface area contributed by atoms with E-state index in [0.29, 0.717) is 6.54 Å². The molecule has 96 valence electrons. The highest BCUT2D eigenvalue weighted by Crippen LogP contribution is 2.39. The van der Waals surface area contributed by atoms with Gasteiger partial charge in [-0.05, 0) is 45.1 Å². The van der Waals surface area contributed by atoms with Crippen molar-refractivity contribution in [1.82, 2.24) is 10.6 Å². The summed E-state index contributed by atoms with van der Waals surface area (Å²) >= 11 is 0. The van der Waals surface area contributed by atoms with E-state index in [1.54, 1.807) is 6.92 Å². The summed E-state index contributed by atoms with van der Waals surface area (Å²) in [5, 5.41) is 15.2. The van der Waals surface area contributed by atoms with Crippen LogP contribution in [-0.4, -0.2) is 35.6 Å². The first kappa shape index (κ1) is 12.4. The van der Waals surface area contributed by atoms with Crippen molar-refractivity contribution in [3.8, 4) is 0 Å². The predicted octanol–water partition coefficient (Wildman–Crippen LogP) is 0.356. The molecule has 0 aromatic heterocycles. The van der Waals surface area contributed by atoms with Gasteiger partial charge in [-0.25, -0.2) is 4.79 Å². The number of carboxylic acid groups (broad SMARTS) is 1. The lowest BCUT2D eigenvalue weighted by Crippen LogP contribution is -2.56. The van der Waals surface area contributed by atoms with Crippen molar-refractivity contribution in [2.75, 3.05) is 13.1 Å². The number of hydrogen-bond donors (Lipinski definition) is 3. The number of nitrogens with one attached hydrogen (secondary N) is 2. The largest absolute Gasteiger partial charge is 0.480 e. The third kappa shape index (κ3) is 2.60. The van der Waals surface area contributed by atoms with E-state index >= 15 is 0 Å². The maximum absolute atomic E-state index is 12.0. The Balaban J connectivity index is 1.97. The minimum atomic E-state index is -1.07. The molecule has 2 atom stereocenters. The Kier molecular flexibility index (Phi) is 3.38. The lowest BCUT2D eigenvalue weighted by Gasteiger charge is -2.30. The molecule has 0 bridgehead atoms. The Bertz CT molecular complexity index is 322. The number of carboxylic acids is 1. The van der Waals surface area contributed by atoms with Crippen molar-refractivity contribution in [3.63, 3.8) is 0 Å². The average molecular weight is 240 g/mol. The van der Waals surface area contributed by atoms with Crippen molar-refractivity contribution < 1.29 is 14.7 Å². The zero-order valence-corrected chi connectivity index (χ0v) is 10.2. The molecule has 5 heteroatoms. The molecule has 1 aliphatic heterocycles. The Morgan fingerprint density at radius 3 is 2.53 bits per heavy atom. The summed E-state index contributed by atoms with van der Waals surface area (Å²) in [5.41, 5.74) is -1.07. The summed E-state index contributed by atoms with van der Waals surface area (Å²) in [7, 11) is 0. The summed E-state index contributed by atoms with van der Waals surface area (Å²) in [6.07, 6.45) is 3.61. The monoisotopic (exact) mass is 240 g/mol. The van der Waals surface area contributed by atoms with Gasteiger partial charge in [-0.1, -0.05) is 0 Å². The zero-order valence-electron chi connectivity index (χ0n) is 10.2. The predicted molar refractivity (Wildman–Crippen MR) is 62.5 cm³/mol. The first-order valence-electron chi connectivity index (χ1n) is 6.30. The van der Waals surface area contributed by atoms with Crippen molar-refractivity contribution in [3.05, 3.63) is 0 Å². The fraction of sp³-hybridized carbons (Fsp3) is 0.833. The van der Waals surface area contributed by atoms with Crippen LogP contribution in [0, 0.1) is 11.8 Å². The molecule has 0 aromatic carbocycles. The number of amides is 1. The van der Waals surface area contributed by atoms with Crippen molar-refractivity contribution in [2.24, 2.45) is 11.8 Å². The van der Waals surface area contributed by atoms with Gasteiger partial charge in [-0.15, -0.1) is 0 Å². The van der Waals surface area contributed by atoms with Crippen LogP contribution in [0.15, 0.2) is 0 Å². The van der Waals surface area contributed by atoms with Crippen LogP contribution in [0.25, 0.3) is 0 Å². The van der Waals surface area contributed by atoms with E-state index in [0.717, 1.165) is 32.2 Å². The molecule has 1 heterocycles. The van der Waals surface area contributed by atoms with E-state index < -0.39 is 11.5 Å². The molecular weight excluding hydrogens is 220 g/mol. The first-order chi connectivity index (χ1) is 8.04. The molecule has 2 fully saturated rings. The van der Waals surface area contributed by atoms with Gasteiger partial charge in [0.05, 0.1) is 5.92 Å². The molecule has 0 spiro atoms. The fourth-order valence-electron chi connectivity index (χ4n) is 2.42. The molecule has 1 unspecified atom stereocenters. The number of piperidine rings is 1. The maximum atomic E-state index is 12.0. The van der Waals surface area contributed by atoms with Gasteiger partial charge in [-0.3, -0.25) is 4.79 Å². The Labute approximate surface area is 101 Å². The Morgan fingerprint density at radius 1 is 1.35 bits per heavy atom. The van der Waals surface area contributed by atoms with Gasteiger partial charge in [-0.2, -0.15) is 0 Å². The SMILES string of the molecule is CC(NC(=O)[C@H]1CCCNC1)(C(=O)O)C1CC1. The fourth-order valence-corrected chi connectivity index (χ4v) is 2.42. The number of aliphatic carboxylic acids is 1. The van der Waals surface area contributed by atoms with Crippen LogP contribution in [0.5, 0.6) is 0 Å². The minimum Gasteiger partial charge on any atom is -0.480 e. The first-order valence-corrected chi connectivity index (χ1v) is 6.30. The molecule has 1 amide bonds. The van der Waals surface area contributed by atoms with Crippen LogP contribution in [-0.2, 0) is 9.59 Å². The summed E-state index contributed by atoms with van der Waals surface area (Å²) in [5.74, 6) is -1.02. The second-order valence-electron chi connectivity index (χ2n) is 5.31. The molecular formula is C12H20N2O3. The van der Waals surface area contributed by atoms with E-state index in [1.165, 1.54) is 0 Å². The second kappa shape index (κ2) is 4.64. The average Bonchev–Trinajstić information content (AvgIpc) is 3.13. The standard InChI is InChI=1S/C12H20N2O3/c1-12(11(16)17,9-4-5-9)14-10(15)8-3-2-6-13-7-8/h8-9,13H,2-7H2,1H3,(H,14,15)(H,16,17)/t8-,12?/m0/s1. The summed E-state index contributed by atoms with van der Waals surface area (Å²) in [6, 6.07) is 0. The third-order valence-electron chi connectivity index (χ3n) is 3.89. The lowest BCUT2D eigenvalue weighted by atomic mass is 9.92. The molecule has 2 aliphatic rings. The number of hydrogen-bond acceptors (Lipinski definition) is 3. The highest BCUT2D eigenvalue weighted by Gasteiger charge is 2.49. The van der Waals surface area contributed by atoms with E-state index in [-0.39, 0.29) is 17.7 Å². The second-order valence-corrected chi connectivity index (χ2v) is 5.31. The Morgan fingerprint density at radius 2 is 2.06 bits per heavy atom. The number of carbonyl (C=O) groups excluding carboxylic acids is 1. The van der Waals surface area contributed by atoms with Gasteiger partial charge in [0.2, 0.25) is 5.91 Å². The quantitative estimate of drug-likeness (QED) is 0.663. The van der Waals surface area contributed by atoms with E-state index in [1.807, 2.05) is 0 Å². The highest BCUT2D eigenvalue weighted by atomic mass is 16.4. The normalized spacial score (nSPS) is 28.2. The van der Waals surface area contributed by atoms with Crippen LogP contribution >= 0.6 is 0 Å². The molecule has 17 heavy (non-hydrogen) atoms. The van der Waals surface area contributed by atoms with Gasteiger partial charge in [0.15, 0.2) is 0 Å². The molecule has 3 N–H and O–H groups in total.